The number of hydrogen-bond acceptors (Lipinski definition) is 6. The van der Waals surface area contributed by atoms with Crippen molar-refractivity contribution in [2.75, 3.05) is 19.6 Å². The fraction of sp³-hybridized carbons (Fsp3) is 0.375. The first-order valence-corrected chi connectivity index (χ1v) is 8.47. The number of phenolic OH excluding ortho intramolecular Hbond substituents is 1. The zero-order valence-electron chi connectivity index (χ0n) is 13.0. The Hall–Kier alpha value is -1.83. The first-order chi connectivity index (χ1) is 11.1. The molecule has 0 radical (unpaired) electrons. The van der Waals surface area contributed by atoms with Crippen LogP contribution in [0.1, 0.15) is 18.9 Å². The molecule has 2 aliphatic heterocycles. The van der Waals surface area contributed by atoms with E-state index in [-0.39, 0.29) is 11.7 Å². The van der Waals surface area contributed by atoms with Gasteiger partial charge in [0.2, 0.25) is 0 Å². The van der Waals surface area contributed by atoms with Crippen LogP contribution >= 0.6 is 11.8 Å². The molecular weight excluding hydrogens is 312 g/mol. The smallest absolute Gasteiger partial charge is 0.286 e. The highest BCUT2D eigenvalue weighted by atomic mass is 32.2. The first-order valence-electron chi connectivity index (χ1n) is 7.65. The normalized spacial score (nSPS) is 23.2. The van der Waals surface area contributed by atoms with Crippen LogP contribution in [0.15, 0.2) is 34.2 Å². The predicted molar refractivity (Wildman–Crippen MR) is 92.7 cm³/mol. The molecule has 122 valence electrons. The number of nitrogens with zero attached hydrogens (tertiary/aromatic N) is 3. The number of amides is 1. The van der Waals surface area contributed by atoms with Crippen molar-refractivity contribution in [2.24, 2.45) is 10.8 Å². The fourth-order valence-corrected chi connectivity index (χ4v) is 3.67. The number of thioether (sulfide) groups is 1. The van der Waals surface area contributed by atoms with E-state index in [1.807, 2.05) is 18.0 Å². The molecule has 0 bridgehead atoms. The third kappa shape index (κ3) is 3.41. The van der Waals surface area contributed by atoms with Gasteiger partial charge in [-0.3, -0.25) is 10.6 Å². The lowest BCUT2D eigenvalue weighted by molar-refractivity contribution is -0.113. The zero-order valence-corrected chi connectivity index (χ0v) is 13.8. The minimum absolute atomic E-state index is 0.157. The van der Waals surface area contributed by atoms with Gasteiger partial charge in [0.05, 0.1) is 4.91 Å². The van der Waals surface area contributed by atoms with E-state index in [0.717, 1.165) is 31.2 Å². The van der Waals surface area contributed by atoms with E-state index in [4.69, 9.17) is 5.84 Å². The summed E-state index contributed by atoms with van der Waals surface area (Å²) in [6.07, 6.45) is 2.66. The third-order valence-corrected chi connectivity index (χ3v) is 5.15. The van der Waals surface area contributed by atoms with Crippen LogP contribution in [-0.2, 0) is 4.79 Å². The highest BCUT2D eigenvalue weighted by Gasteiger charge is 2.32. The number of carbonyl (C=O) groups excluding carboxylic acids is 1. The maximum Gasteiger partial charge on any atom is 0.286 e. The molecule has 1 fully saturated rings. The van der Waals surface area contributed by atoms with Crippen LogP contribution < -0.4 is 5.84 Å². The standard InChI is InChI=1S/C16H20N4O2S/c1-2-20(17)12-7-8-19(10-12)16-18-15(22)14(23-16)9-11-5-3-4-6-13(11)21/h3-6,9,12,21H,2,7-8,10,17H2,1H3/b14-9+/t12-/m1/s1. The Balaban J connectivity index is 1.70. The number of amidine groups is 1. The van der Waals surface area contributed by atoms with E-state index in [0.29, 0.717) is 16.5 Å². The van der Waals surface area contributed by atoms with E-state index in [2.05, 4.69) is 9.89 Å². The molecule has 1 amide bonds. The molecule has 0 aliphatic carbocycles. The number of aromatic hydroxyl groups is 1. The van der Waals surface area contributed by atoms with Crippen LogP contribution in [0.4, 0.5) is 0 Å². The quantitative estimate of drug-likeness (QED) is 0.497. The van der Waals surface area contributed by atoms with Gasteiger partial charge in [0.25, 0.3) is 5.91 Å². The molecule has 7 heteroatoms. The van der Waals surface area contributed by atoms with E-state index in [1.54, 1.807) is 24.3 Å². The number of aliphatic imine (C=N–C) groups is 1. The molecule has 3 rings (SSSR count). The van der Waals surface area contributed by atoms with Gasteiger partial charge in [0, 0.05) is 31.2 Å². The lowest BCUT2D eigenvalue weighted by Gasteiger charge is -2.22. The van der Waals surface area contributed by atoms with Crippen LogP contribution in [0.2, 0.25) is 0 Å². The van der Waals surface area contributed by atoms with Crippen molar-refractivity contribution in [1.82, 2.24) is 9.91 Å². The molecule has 2 heterocycles. The lowest BCUT2D eigenvalue weighted by atomic mass is 10.2. The topological polar surface area (TPSA) is 82.2 Å². The monoisotopic (exact) mass is 332 g/mol. The Morgan fingerprint density at radius 2 is 2.30 bits per heavy atom. The Morgan fingerprint density at radius 1 is 1.52 bits per heavy atom. The first kappa shape index (κ1) is 16.0. The van der Waals surface area contributed by atoms with Crippen molar-refractivity contribution in [1.29, 1.82) is 0 Å². The Labute approximate surface area is 139 Å². The van der Waals surface area contributed by atoms with Gasteiger partial charge in [-0.05, 0) is 30.3 Å². The molecule has 0 spiro atoms. The molecule has 0 saturated carbocycles. The average molecular weight is 332 g/mol. The van der Waals surface area contributed by atoms with Gasteiger partial charge in [-0.1, -0.05) is 25.1 Å². The number of para-hydroxylation sites is 1. The minimum atomic E-state index is -0.253. The van der Waals surface area contributed by atoms with Crippen LogP contribution in [0.25, 0.3) is 6.08 Å². The number of phenols is 1. The largest absolute Gasteiger partial charge is 0.507 e. The number of nitrogens with two attached hydrogens (primary N) is 1. The van der Waals surface area contributed by atoms with E-state index in [1.165, 1.54) is 11.8 Å². The maximum atomic E-state index is 12.1. The van der Waals surface area contributed by atoms with Gasteiger partial charge in [0.1, 0.15) is 5.75 Å². The van der Waals surface area contributed by atoms with Crippen molar-refractivity contribution < 1.29 is 9.90 Å². The number of hydrogen-bond donors (Lipinski definition) is 2. The highest BCUT2D eigenvalue weighted by molar-refractivity contribution is 8.18. The average Bonchev–Trinajstić information content (AvgIpc) is 3.16. The molecule has 1 saturated heterocycles. The second-order valence-corrected chi connectivity index (χ2v) is 6.60. The van der Waals surface area contributed by atoms with E-state index >= 15 is 0 Å². The zero-order chi connectivity index (χ0) is 16.4. The van der Waals surface area contributed by atoms with E-state index in [9.17, 15) is 9.90 Å². The molecule has 1 aromatic rings. The molecule has 23 heavy (non-hydrogen) atoms. The number of carbonyl (C=O) groups is 1. The van der Waals surface area contributed by atoms with Crippen LogP contribution in [0.5, 0.6) is 5.75 Å². The van der Waals surface area contributed by atoms with Crippen molar-refractivity contribution in [3.63, 3.8) is 0 Å². The number of benzene rings is 1. The second-order valence-electron chi connectivity index (χ2n) is 5.59. The Morgan fingerprint density at radius 3 is 3.04 bits per heavy atom. The minimum Gasteiger partial charge on any atom is -0.507 e. The SMILES string of the molecule is CCN(N)[C@@H]1CCN(C2=NC(=O)/C(=C\c3ccccc3O)S2)C1. The highest BCUT2D eigenvalue weighted by Crippen LogP contribution is 2.33. The van der Waals surface area contributed by atoms with Gasteiger partial charge in [-0.2, -0.15) is 4.99 Å². The summed E-state index contributed by atoms with van der Waals surface area (Å²) in [5.74, 6) is 5.87. The van der Waals surface area contributed by atoms with Crippen molar-refractivity contribution >= 4 is 28.9 Å². The third-order valence-electron chi connectivity index (χ3n) is 4.10. The summed E-state index contributed by atoms with van der Waals surface area (Å²) >= 11 is 1.36. The summed E-state index contributed by atoms with van der Waals surface area (Å²) in [5.41, 5.74) is 0.623. The summed E-state index contributed by atoms with van der Waals surface area (Å²) in [7, 11) is 0. The molecule has 1 aromatic carbocycles. The number of rotatable bonds is 3. The number of likely N-dealkylation sites (N-methyl/N-ethyl adjacent to an activating group) is 1. The van der Waals surface area contributed by atoms with Gasteiger partial charge in [-0.25, -0.2) is 5.01 Å². The summed E-state index contributed by atoms with van der Waals surface area (Å²) < 4.78 is 0. The van der Waals surface area contributed by atoms with E-state index < -0.39 is 0 Å². The molecule has 6 nitrogen and oxygen atoms in total. The van der Waals surface area contributed by atoms with Gasteiger partial charge < -0.3 is 10.0 Å². The van der Waals surface area contributed by atoms with Crippen LogP contribution in [-0.4, -0.2) is 51.8 Å². The molecule has 0 unspecified atom stereocenters. The van der Waals surface area contributed by atoms with Crippen molar-refractivity contribution in [2.45, 2.75) is 19.4 Å². The molecule has 1 atom stereocenters. The number of likely N-dealkylation sites (tertiary alicyclic amines) is 1. The van der Waals surface area contributed by atoms with Gasteiger partial charge in [0.15, 0.2) is 5.17 Å². The van der Waals surface area contributed by atoms with Gasteiger partial charge >= 0.3 is 0 Å². The van der Waals surface area contributed by atoms with Crippen molar-refractivity contribution in [3.8, 4) is 5.75 Å². The second kappa shape index (κ2) is 6.74. The Bertz CT molecular complexity index is 674. The van der Waals surface area contributed by atoms with Crippen LogP contribution in [0.3, 0.4) is 0 Å². The summed E-state index contributed by atoms with van der Waals surface area (Å²) in [4.78, 5) is 18.9. The Kier molecular flexibility index (Phi) is 4.70. The molecule has 2 aliphatic rings. The van der Waals surface area contributed by atoms with Crippen LogP contribution in [0, 0.1) is 0 Å². The number of hydrazine groups is 1. The summed E-state index contributed by atoms with van der Waals surface area (Å²) in [6.45, 7) is 4.46. The van der Waals surface area contributed by atoms with Gasteiger partial charge in [-0.15, -0.1) is 0 Å². The molecular formula is C16H20N4O2S. The molecule has 0 aromatic heterocycles. The van der Waals surface area contributed by atoms with Crippen molar-refractivity contribution in [3.05, 3.63) is 34.7 Å². The molecule has 3 N–H and O–H groups in total. The lowest BCUT2D eigenvalue weighted by Crippen LogP contribution is -2.42. The fourth-order valence-electron chi connectivity index (χ4n) is 2.73. The predicted octanol–water partition coefficient (Wildman–Crippen LogP) is 1.63. The summed E-state index contributed by atoms with van der Waals surface area (Å²) in [6, 6.07) is 7.24. The summed E-state index contributed by atoms with van der Waals surface area (Å²) in [5, 5.41) is 12.4. The maximum absolute atomic E-state index is 12.1.